The molecule has 1 N–H and O–H groups in total. The molecule has 0 radical (unpaired) electrons. The van der Waals surface area contributed by atoms with Crippen molar-refractivity contribution in [2.24, 2.45) is 0 Å². The molecule has 0 fully saturated rings. The van der Waals surface area contributed by atoms with Gasteiger partial charge in [0.2, 0.25) is 0 Å². The van der Waals surface area contributed by atoms with Gasteiger partial charge in [-0.15, -0.1) is 0 Å². The lowest BCUT2D eigenvalue weighted by Gasteiger charge is -2.11. The minimum atomic E-state index is -0.510. The van der Waals surface area contributed by atoms with Crippen LogP contribution in [-0.4, -0.2) is 9.55 Å². The van der Waals surface area contributed by atoms with Crippen LogP contribution >= 0.6 is 11.6 Å². The van der Waals surface area contributed by atoms with Gasteiger partial charge in [-0.3, -0.25) is 4.79 Å². The average Bonchev–Trinajstić information content (AvgIpc) is 2.52. The van der Waals surface area contributed by atoms with Crippen molar-refractivity contribution in [1.29, 1.82) is 0 Å². The molecule has 22 heavy (non-hydrogen) atoms. The zero-order valence-electron chi connectivity index (χ0n) is 11.8. The third kappa shape index (κ3) is 2.55. The fourth-order valence-electron chi connectivity index (χ4n) is 2.30. The van der Waals surface area contributed by atoms with E-state index in [1.165, 1.54) is 18.2 Å². The number of hydrogen-bond acceptors (Lipinski definition) is 3. The van der Waals surface area contributed by atoms with E-state index >= 15 is 0 Å². The summed E-state index contributed by atoms with van der Waals surface area (Å²) < 4.78 is 14.8. The van der Waals surface area contributed by atoms with Crippen LogP contribution in [-0.2, 0) is 6.54 Å². The second-order valence-electron chi connectivity index (χ2n) is 4.75. The molecule has 0 amide bonds. The molecule has 0 unspecified atom stereocenters. The van der Waals surface area contributed by atoms with Crippen LogP contribution in [0.15, 0.2) is 47.3 Å². The number of nitrogens with one attached hydrogen (secondary N) is 1. The van der Waals surface area contributed by atoms with E-state index in [1.54, 1.807) is 4.57 Å². The van der Waals surface area contributed by atoms with Crippen LogP contribution in [0, 0.1) is 5.82 Å². The van der Waals surface area contributed by atoms with Crippen molar-refractivity contribution < 1.29 is 4.39 Å². The number of anilines is 2. The first-order valence-electron chi connectivity index (χ1n) is 6.82. The Balaban J connectivity index is 2.12. The molecule has 3 aromatic rings. The van der Waals surface area contributed by atoms with Crippen molar-refractivity contribution in [3.05, 3.63) is 63.7 Å². The normalized spacial score (nSPS) is 10.9. The Labute approximate surface area is 131 Å². The van der Waals surface area contributed by atoms with E-state index in [1.807, 2.05) is 31.2 Å². The summed E-state index contributed by atoms with van der Waals surface area (Å²) in [6.45, 7) is 2.42. The van der Waals surface area contributed by atoms with E-state index in [2.05, 4.69) is 10.3 Å². The van der Waals surface area contributed by atoms with E-state index in [0.717, 1.165) is 5.52 Å². The highest BCUT2D eigenvalue weighted by atomic mass is 35.5. The molecule has 0 atom stereocenters. The van der Waals surface area contributed by atoms with Crippen molar-refractivity contribution in [2.45, 2.75) is 13.5 Å². The third-order valence-electron chi connectivity index (χ3n) is 3.35. The van der Waals surface area contributed by atoms with Gasteiger partial charge >= 0.3 is 0 Å². The van der Waals surface area contributed by atoms with Crippen LogP contribution in [0.4, 0.5) is 15.9 Å². The second kappa shape index (κ2) is 5.77. The van der Waals surface area contributed by atoms with E-state index < -0.39 is 5.82 Å². The zero-order valence-corrected chi connectivity index (χ0v) is 12.6. The van der Waals surface area contributed by atoms with Crippen LogP contribution in [0.3, 0.4) is 0 Å². The van der Waals surface area contributed by atoms with E-state index in [0.29, 0.717) is 17.7 Å². The number of fused-ring (bicyclic) bond motifs is 1. The molecule has 0 aliphatic heterocycles. The maximum atomic E-state index is 13.2. The lowest BCUT2D eigenvalue weighted by molar-refractivity contribution is 0.628. The van der Waals surface area contributed by atoms with Crippen molar-refractivity contribution in [3.63, 3.8) is 0 Å². The Hall–Kier alpha value is -2.40. The van der Waals surface area contributed by atoms with Crippen molar-refractivity contribution >= 4 is 34.1 Å². The topological polar surface area (TPSA) is 46.9 Å². The van der Waals surface area contributed by atoms with Gasteiger partial charge in [-0.25, -0.2) is 9.37 Å². The molecule has 0 saturated carbocycles. The highest BCUT2D eigenvalue weighted by Crippen LogP contribution is 2.21. The molecular formula is C16H13ClFN3O. The molecule has 0 bridgehead atoms. The summed E-state index contributed by atoms with van der Waals surface area (Å²) >= 11 is 5.75. The monoisotopic (exact) mass is 317 g/mol. The van der Waals surface area contributed by atoms with Gasteiger partial charge in [-0.1, -0.05) is 23.7 Å². The number of rotatable bonds is 3. The number of aryl methyl sites for hydroxylation is 1. The number of aromatic nitrogens is 2. The minimum absolute atomic E-state index is 0.0124. The Morgan fingerprint density at radius 1 is 1.27 bits per heavy atom. The summed E-state index contributed by atoms with van der Waals surface area (Å²) in [5.74, 6) is -0.326. The number of halogens is 2. The molecule has 1 aromatic heterocycles. The fraction of sp³-hybridized carbons (Fsp3) is 0.125. The van der Waals surface area contributed by atoms with Crippen molar-refractivity contribution in [2.75, 3.05) is 5.32 Å². The Bertz CT molecular complexity index is 908. The highest BCUT2D eigenvalue weighted by molar-refractivity contribution is 6.31. The molecule has 0 spiro atoms. The predicted molar refractivity (Wildman–Crippen MR) is 86.4 cm³/mol. The van der Waals surface area contributed by atoms with E-state index in [9.17, 15) is 9.18 Å². The molecule has 6 heteroatoms. The summed E-state index contributed by atoms with van der Waals surface area (Å²) in [5.41, 5.74) is 1.76. The Kier molecular flexibility index (Phi) is 3.81. The quantitative estimate of drug-likeness (QED) is 0.795. The molecular weight excluding hydrogens is 305 g/mol. The first-order chi connectivity index (χ1) is 10.6. The van der Waals surface area contributed by atoms with Gasteiger partial charge in [0.15, 0.2) is 5.82 Å². The third-order valence-corrected chi connectivity index (χ3v) is 3.64. The number of hydrogen-bond donors (Lipinski definition) is 1. The summed E-state index contributed by atoms with van der Waals surface area (Å²) in [6, 6.07) is 11.6. The van der Waals surface area contributed by atoms with Gasteiger partial charge < -0.3 is 9.88 Å². The fourth-order valence-corrected chi connectivity index (χ4v) is 2.48. The van der Waals surface area contributed by atoms with Gasteiger partial charge in [0.1, 0.15) is 5.82 Å². The lowest BCUT2D eigenvalue weighted by Crippen LogP contribution is -2.23. The maximum Gasteiger partial charge on any atom is 0.294 e. The van der Waals surface area contributed by atoms with Gasteiger partial charge in [0.05, 0.1) is 16.1 Å². The average molecular weight is 318 g/mol. The lowest BCUT2D eigenvalue weighted by atomic mass is 10.3. The van der Waals surface area contributed by atoms with Gasteiger partial charge in [-0.05, 0) is 37.3 Å². The second-order valence-corrected chi connectivity index (χ2v) is 5.16. The van der Waals surface area contributed by atoms with Crippen LogP contribution in [0.2, 0.25) is 5.02 Å². The van der Waals surface area contributed by atoms with Gasteiger partial charge in [0.25, 0.3) is 5.56 Å². The van der Waals surface area contributed by atoms with Crippen LogP contribution in [0.25, 0.3) is 11.0 Å². The first kappa shape index (κ1) is 14.5. The van der Waals surface area contributed by atoms with Gasteiger partial charge in [0, 0.05) is 12.2 Å². The standard InChI is InChI=1S/C16H13ClFN3O/c1-2-21-14-6-4-3-5-13(14)20-15(16(21)22)19-10-7-8-12(18)11(17)9-10/h3-9H,2H2,1H3,(H,19,20). The Morgan fingerprint density at radius 3 is 2.77 bits per heavy atom. The molecule has 112 valence electrons. The SMILES string of the molecule is CCn1c(=O)c(Nc2ccc(F)c(Cl)c2)nc2ccccc21. The van der Waals surface area contributed by atoms with Crippen LogP contribution in [0.1, 0.15) is 6.92 Å². The minimum Gasteiger partial charge on any atom is -0.336 e. The van der Waals surface area contributed by atoms with Crippen molar-refractivity contribution in [1.82, 2.24) is 9.55 Å². The molecule has 1 heterocycles. The number of nitrogens with zero attached hydrogens (tertiary/aromatic N) is 2. The Morgan fingerprint density at radius 2 is 2.05 bits per heavy atom. The first-order valence-corrected chi connectivity index (χ1v) is 7.19. The van der Waals surface area contributed by atoms with E-state index in [-0.39, 0.29) is 16.4 Å². The predicted octanol–water partition coefficient (Wildman–Crippen LogP) is 3.95. The van der Waals surface area contributed by atoms with E-state index in [4.69, 9.17) is 11.6 Å². The molecule has 0 saturated heterocycles. The van der Waals surface area contributed by atoms with Crippen LogP contribution < -0.4 is 10.9 Å². The smallest absolute Gasteiger partial charge is 0.294 e. The largest absolute Gasteiger partial charge is 0.336 e. The summed E-state index contributed by atoms with van der Waals surface area (Å²) in [7, 11) is 0. The van der Waals surface area contributed by atoms with Crippen LogP contribution in [0.5, 0.6) is 0 Å². The summed E-state index contributed by atoms with van der Waals surface area (Å²) in [6.07, 6.45) is 0. The number of para-hydroxylation sites is 2. The zero-order chi connectivity index (χ0) is 15.7. The van der Waals surface area contributed by atoms with Gasteiger partial charge in [-0.2, -0.15) is 0 Å². The number of benzene rings is 2. The molecule has 4 nitrogen and oxygen atoms in total. The molecule has 0 aliphatic carbocycles. The van der Waals surface area contributed by atoms with Crippen molar-refractivity contribution in [3.8, 4) is 0 Å². The summed E-state index contributed by atoms with van der Waals surface area (Å²) in [5, 5.41) is 2.90. The molecule has 2 aromatic carbocycles. The summed E-state index contributed by atoms with van der Waals surface area (Å²) in [4.78, 5) is 16.9. The molecule has 3 rings (SSSR count). The maximum absolute atomic E-state index is 13.2. The molecule has 0 aliphatic rings. The highest BCUT2D eigenvalue weighted by Gasteiger charge is 2.10.